The molecule has 0 aromatic heterocycles. The Morgan fingerprint density at radius 3 is 2.56 bits per heavy atom. The predicted molar refractivity (Wildman–Crippen MR) is 75.3 cm³/mol. The summed E-state index contributed by atoms with van der Waals surface area (Å²) in [5.41, 5.74) is 0.0707. The topological polar surface area (TPSA) is 38.3 Å². The number of hydrogen-bond acceptors (Lipinski definition) is 2. The van der Waals surface area contributed by atoms with Crippen molar-refractivity contribution in [3.8, 4) is 5.75 Å². The first-order chi connectivity index (χ1) is 8.36. The van der Waals surface area contributed by atoms with E-state index in [1.807, 2.05) is 38.1 Å². The van der Waals surface area contributed by atoms with E-state index < -0.39 is 5.41 Å². The standard InChI is InChI=1S/C14H20ClNO2/c1-10(2)18-12-8-6-5-7-11(12)16-13(17)14(3,4)9-15/h5-8,10H,9H2,1-4H3,(H,16,17). The molecule has 0 saturated carbocycles. The quantitative estimate of drug-likeness (QED) is 0.828. The van der Waals surface area contributed by atoms with Gasteiger partial charge in [0.1, 0.15) is 5.75 Å². The molecule has 0 aliphatic carbocycles. The van der Waals surface area contributed by atoms with Gasteiger partial charge in [-0.2, -0.15) is 0 Å². The molecule has 0 aliphatic heterocycles. The molecule has 0 spiro atoms. The summed E-state index contributed by atoms with van der Waals surface area (Å²) >= 11 is 5.79. The van der Waals surface area contributed by atoms with Crippen LogP contribution in [-0.4, -0.2) is 17.9 Å². The van der Waals surface area contributed by atoms with Crippen LogP contribution in [0.25, 0.3) is 0 Å². The molecule has 0 heterocycles. The van der Waals surface area contributed by atoms with Gasteiger partial charge in [-0.15, -0.1) is 11.6 Å². The van der Waals surface area contributed by atoms with Crippen molar-refractivity contribution in [1.82, 2.24) is 0 Å². The highest BCUT2D eigenvalue weighted by atomic mass is 35.5. The molecule has 0 bridgehead atoms. The summed E-state index contributed by atoms with van der Waals surface area (Å²) in [7, 11) is 0. The van der Waals surface area contributed by atoms with E-state index in [0.717, 1.165) is 0 Å². The zero-order valence-corrected chi connectivity index (χ0v) is 12.0. The maximum absolute atomic E-state index is 12.1. The second kappa shape index (κ2) is 6.10. The van der Waals surface area contributed by atoms with Crippen LogP contribution >= 0.6 is 11.6 Å². The molecular formula is C14H20ClNO2. The zero-order chi connectivity index (χ0) is 13.8. The number of hydrogen-bond donors (Lipinski definition) is 1. The number of alkyl halides is 1. The highest BCUT2D eigenvalue weighted by molar-refractivity contribution is 6.20. The SMILES string of the molecule is CC(C)Oc1ccccc1NC(=O)C(C)(C)CCl. The van der Waals surface area contributed by atoms with E-state index >= 15 is 0 Å². The molecular weight excluding hydrogens is 250 g/mol. The largest absolute Gasteiger partial charge is 0.489 e. The number of anilines is 1. The predicted octanol–water partition coefficient (Wildman–Crippen LogP) is 3.68. The van der Waals surface area contributed by atoms with Crippen molar-refractivity contribution in [2.24, 2.45) is 5.41 Å². The fourth-order valence-electron chi connectivity index (χ4n) is 1.28. The van der Waals surface area contributed by atoms with Crippen LogP contribution < -0.4 is 10.1 Å². The minimum absolute atomic E-state index is 0.0593. The number of rotatable bonds is 5. The minimum Gasteiger partial charge on any atom is -0.489 e. The van der Waals surface area contributed by atoms with Gasteiger partial charge in [-0.25, -0.2) is 0 Å². The van der Waals surface area contributed by atoms with Gasteiger partial charge in [0.15, 0.2) is 0 Å². The Balaban J connectivity index is 2.87. The number of nitrogens with one attached hydrogen (secondary N) is 1. The lowest BCUT2D eigenvalue weighted by atomic mass is 9.95. The molecule has 3 nitrogen and oxygen atoms in total. The van der Waals surface area contributed by atoms with Crippen LogP contribution in [0.3, 0.4) is 0 Å². The van der Waals surface area contributed by atoms with Gasteiger partial charge in [-0.05, 0) is 39.8 Å². The van der Waals surface area contributed by atoms with Gasteiger partial charge in [-0.1, -0.05) is 12.1 Å². The highest BCUT2D eigenvalue weighted by Gasteiger charge is 2.27. The monoisotopic (exact) mass is 269 g/mol. The van der Waals surface area contributed by atoms with Crippen molar-refractivity contribution in [2.75, 3.05) is 11.2 Å². The Morgan fingerprint density at radius 2 is 2.00 bits per heavy atom. The Morgan fingerprint density at radius 1 is 1.39 bits per heavy atom. The molecule has 0 radical (unpaired) electrons. The molecule has 0 aliphatic rings. The van der Waals surface area contributed by atoms with E-state index in [-0.39, 0.29) is 17.9 Å². The maximum atomic E-state index is 12.1. The van der Waals surface area contributed by atoms with Gasteiger partial charge in [0.2, 0.25) is 5.91 Å². The highest BCUT2D eigenvalue weighted by Crippen LogP contribution is 2.27. The summed E-state index contributed by atoms with van der Waals surface area (Å²) in [6.07, 6.45) is 0.0593. The third kappa shape index (κ3) is 3.91. The van der Waals surface area contributed by atoms with Crippen LogP contribution in [0.4, 0.5) is 5.69 Å². The number of benzene rings is 1. The third-order valence-electron chi connectivity index (χ3n) is 2.45. The van der Waals surface area contributed by atoms with E-state index in [4.69, 9.17) is 16.3 Å². The molecule has 1 amide bonds. The first-order valence-electron chi connectivity index (χ1n) is 6.00. The maximum Gasteiger partial charge on any atom is 0.231 e. The van der Waals surface area contributed by atoms with Crippen molar-refractivity contribution in [3.05, 3.63) is 24.3 Å². The van der Waals surface area contributed by atoms with Gasteiger partial charge in [0, 0.05) is 5.88 Å². The molecule has 0 atom stereocenters. The molecule has 0 fully saturated rings. The molecule has 18 heavy (non-hydrogen) atoms. The first-order valence-corrected chi connectivity index (χ1v) is 6.53. The minimum atomic E-state index is -0.605. The average molecular weight is 270 g/mol. The van der Waals surface area contributed by atoms with Gasteiger partial charge in [0.05, 0.1) is 17.2 Å². The Hall–Kier alpha value is -1.22. The number of carbonyl (C=O) groups is 1. The van der Waals surface area contributed by atoms with Crippen LogP contribution in [0.1, 0.15) is 27.7 Å². The average Bonchev–Trinajstić information content (AvgIpc) is 2.31. The Bertz CT molecular complexity index is 416. The molecule has 1 rings (SSSR count). The molecule has 1 aromatic rings. The molecule has 0 unspecified atom stereocenters. The van der Waals surface area contributed by atoms with E-state index in [1.54, 1.807) is 13.8 Å². The number of amides is 1. The Labute approximate surface area is 113 Å². The lowest BCUT2D eigenvalue weighted by Crippen LogP contribution is -2.32. The summed E-state index contributed by atoms with van der Waals surface area (Å²) in [6.45, 7) is 7.51. The third-order valence-corrected chi connectivity index (χ3v) is 3.11. The smallest absolute Gasteiger partial charge is 0.231 e. The van der Waals surface area contributed by atoms with E-state index in [0.29, 0.717) is 11.4 Å². The second-order valence-electron chi connectivity index (χ2n) is 5.13. The van der Waals surface area contributed by atoms with Crippen LogP contribution in [0.2, 0.25) is 0 Å². The number of carbonyl (C=O) groups excluding carboxylic acids is 1. The normalized spacial score (nSPS) is 11.4. The van der Waals surface area contributed by atoms with Crippen molar-refractivity contribution in [1.29, 1.82) is 0 Å². The van der Waals surface area contributed by atoms with Crippen LogP contribution in [0.5, 0.6) is 5.75 Å². The molecule has 4 heteroatoms. The van der Waals surface area contributed by atoms with Crippen LogP contribution in [-0.2, 0) is 4.79 Å². The summed E-state index contributed by atoms with van der Waals surface area (Å²) in [5, 5.41) is 2.86. The van der Waals surface area contributed by atoms with Crippen LogP contribution in [0, 0.1) is 5.41 Å². The number of halogens is 1. The van der Waals surface area contributed by atoms with Crippen molar-refractivity contribution >= 4 is 23.2 Å². The van der Waals surface area contributed by atoms with Crippen molar-refractivity contribution < 1.29 is 9.53 Å². The van der Waals surface area contributed by atoms with Gasteiger partial charge >= 0.3 is 0 Å². The van der Waals surface area contributed by atoms with Crippen LogP contribution in [0.15, 0.2) is 24.3 Å². The number of para-hydroxylation sites is 2. The summed E-state index contributed by atoms with van der Waals surface area (Å²) in [5.74, 6) is 0.829. The summed E-state index contributed by atoms with van der Waals surface area (Å²) < 4.78 is 5.64. The molecule has 1 aromatic carbocycles. The summed E-state index contributed by atoms with van der Waals surface area (Å²) in [4.78, 5) is 12.1. The van der Waals surface area contributed by atoms with E-state index in [9.17, 15) is 4.79 Å². The van der Waals surface area contributed by atoms with Crippen molar-refractivity contribution in [3.63, 3.8) is 0 Å². The fraction of sp³-hybridized carbons (Fsp3) is 0.500. The van der Waals surface area contributed by atoms with Gasteiger partial charge in [-0.3, -0.25) is 4.79 Å². The Kier molecular flexibility index (Phi) is 5.03. The zero-order valence-electron chi connectivity index (χ0n) is 11.3. The fourth-order valence-corrected chi connectivity index (χ4v) is 1.40. The lowest BCUT2D eigenvalue weighted by molar-refractivity contribution is -0.123. The summed E-state index contributed by atoms with van der Waals surface area (Å²) in [6, 6.07) is 7.39. The molecule has 0 saturated heterocycles. The first kappa shape index (κ1) is 14.8. The van der Waals surface area contributed by atoms with Gasteiger partial charge < -0.3 is 10.1 Å². The lowest BCUT2D eigenvalue weighted by Gasteiger charge is -2.22. The second-order valence-corrected chi connectivity index (χ2v) is 5.40. The molecule has 1 N–H and O–H groups in total. The number of ether oxygens (including phenoxy) is 1. The van der Waals surface area contributed by atoms with E-state index in [1.165, 1.54) is 0 Å². The van der Waals surface area contributed by atoms with E-state index in [2.05, 4.69) is 5.32 Å². The molecule has 100 valence electrons. The van der Waals surface area contributed by atoms with Gasteiger partial charge in [0.25, 0.3) is 0 Å². The van der Waals surface area contributed by atoms with Crippen molar-refractivity contribution in [2.45, 2.75) is 33.8 Å².